The molecular formula is C36H42N6O5S. The molecule has 1 unspecified atom stereocenters. The molecule has 11 nitrogen and oxygen atoms in total. The molecule has 2 aliphatic rings. The number of nitrogens with one attached hydrogen (secondary N) is 2. The number of hydrogen-bond donors (Lipinski definition) is 2. The minimum atomic E-state index is -0.547. The molecule has 0 radical (unpaired) electrons. The number of ether oxygens (including phenoxy) is 2. The lowest BCUT2D eigenvalue weighted by Gasteiger charge is -2.35. The molecule has 0 saturated carbocycles. The number of hydrogen-bond acceptors (Lipinski definition) is 9. The van der Waals surface area contributed by atoms with Crippen molar-refractivity contribution in [1.82, 2.24) is 19.4 Å². The summed E-state index contributed by atoms with van der Waals surface area (Å²) in [7, 11) is 5.20. The van der Waals surface area contributed by atoms with Crippen LogP contribution in [0.2, 0.25) is 0 Å². The quantitative estimate of drug-likeness (QED) is 0.223. The maximum atomic E-state index is 13.2. The van der Waals surface area contributed by atoms with E-state index < -0.39 is 12.1 Å². The number of rotatable bonds is 8. The number of aromatic nitrogens is 2. The first-order chi connectivity index (χ1) is 23.2. The molecule has 2 aromatic heterocycles. The van der Waals surface area contributed by atoms with Crippen molar-refractivity contribution in [2.75, 3.05) is 51.0 Å². The van der Waals surface area contributed by atoms with Crippen LogP contribution in [0.5, 0.6) is 5.06 Å². The summed E-state index contributed by atoms with van der Waals surface area (Å²) in [5.74, 6) is 0.160. The van der Waals surface area contributed by atoms with Crippen LogP contribution >= 0.6 is 11.3 Å². The van der Waals surface area contributed by atoms with Crippen LogP contribution in [0.4, 0.5) is 22.0 Å². The molecule has 0 spiro atoms. The second-order valence-electron chi connectivity index (χ2n) is 12.5. The van der Waals surface area contributed by atoms with Crippen molar-refractivity contribution in [2.24, 2.45) is 7.05 Å². The molecule has 0 bridgehead atoms. The Labute approximate surface area is 284 Å². The molecule has 252 valence electrons. The highest BCUT2D eigenvalue weighted by Gasteiger charge is 2.30. The molecule has 3 heterocycles. The summed E-state index contributed by atoms with van der Waals surface area (Å²) in [5, 5.41) is 6.68. The normalized spacial score (nSPS) is 15.6. The van der Waals surface area contributed by atoms with E-state index in [4.69, 9.17) is 14.5 Å². The van der Waals surface area contributed by atoms with Crippen molar-refractivity contribution in [3.8, 4) is 16.3 Å². The second kappa shape index (κ2) is 14.7. The number of carbonyl (C=O) groups excluding carboxylic acids is 2. The monoisotopic (exact) mass is 670 g/mol. The summed E-state index contributed by atoms with van der Waals surface area (Å²) < 4.78 is 12.7. The summed E-state index contributed by atoms with van der Waals surface area (Å²) in [6.45, 7) is 4.41. The number of carbonyl (C=O) groups is 2. The number of amides is 2. The number of aryl methyl sites for hydroxylation is 3. The molecule has 6 rings (SSSR count). The lowest BCUT2D eigenvalue weighted by Crippen LogP contribution is -2.45. The van der Waals surface area contributed by atoms with E-state index in [2.05, 4.69) is 15.5 Å². The van der Waals surface area contributed by atoms with Crippen LogP contribution in [0.15, 0.2) is 59.5 Å². The minimum absolute atomic E-state index is 0.00167. The van der Waals surface area contributed by atoms with Crippen LogP contribution in [-0.2, 0) is 29.4 Å². The number of benzene rings is 2. The fourth-order valence-electron chi connectivity index (χ4n) is 6.26. The van der Waals surface area contributed by atoms with Crippen molar-refractivity contribution in [2.45, 2.75) is 45.1 Å². The van der Waals surface area contributed by atoms with Gasteiger partial charge in [-0.15, -0.1) is 11.3 Å². The first-order valence-electron chi connectivity index (χ1n) is 16.4. The Kier molecular flexibility index (Phi) is 10.2. The van der Waals surface area contributed by atoms with E-state index in [1.807, 2.05) is 55.5 Å². The van der Waals surface area contributed by atoms with Gasteiger partial charge in [-0.1, -0.05) is 30.7 Å². The van der Waals surface area contributed by atoms with Crippen LogP contribution in [0.25, 0.3) is 11.3 Å². The van der Waals surface area contributed by atoms with E-state index in [0.29, 0.717) is 48.4 Å². The summed E-state index contributed by atoms with van der Waals surface area (Å²) in [5.41, 5.74) is 5.24. The van der Waals surface area contributed by atoms with Crippen molar-refractivity contribution in [3.63, 3.8) is 0 Å². The fraction of sp³-hybridized carbons (Fsp3) is 0.389. The van der Waals surface area contributed by atoms with Crippen LogP contribution in [0.1, 0.15) is 46.9 Å². The number of fused-ring (bicyclic) bond motifs is 1. The Bertz CT molecular complexity index is 1820. The number of nitrogens with zero attached hydrogens (tertiary/aromatic N) is 4. The zero-order chi connectivity index (χ0) is 33.8. The summed E-state index contributed by atoms with van der Waals surface area (Å²) in [6, 6.07) is 14.7. The first kappa shape index (κ1) is 33.4. The third-order valence-electron chi connectivity index (χ3n) is 8.91. The summed E-state index contributed by atoms with van der Waals surface area (Å²) in [6.07, 6.45) is 6.77. The predicted octanol–water partition coefficient (Wildman–Crippen LogP) is 5.90. The highest BCUT2D eigenvalue weighted by Crippen LogP contribution is 2.35. The number of likely N-dealkylation sites (N-methyl/N-ethyl adjacent to an activating group) is 1. The van der Waals surface area contributed by atoms with E-state index >= 15 is 0 Å². The Morgan fingerprint density at radius 2 is 1.79 bits per heavy atom. The molecule has 1 aliphatic heterocycles. The standard InChI is InChI=1S/C36H42N6O5S/c1-23-27(10-8-11-28(23)39-36(45)47-31-21-25-9-6-5-7-12-30(25)48-31)29-22-41(4)35(44)33(38-29)37-26-15-13-24(14-16-26)32(34(43)40(2)3)42-17-19-46-20-18-42/h8,10-11,13-16,21-22,32H,5-7,9,12,17-20H2,1-4H3,(H,37,38)(H,39,45). The van der Waals surface area contributed by atoms with Crippen LogP contribution in [0, 0.1) is 6.92 Å². The third kappa shape index (κ3) is 7.46. The summed E-state index contributed by atoms with van der Waals surface area (Å²) in [4.78, 5) is 49.0. The van der Waals surface area contributed by atoms with E-state index in [0.717, 1.165) is 29.5 Å². The van der Waals surface area contributed by atoms with Gasteiger partial charge in [0.2, 0.25) is 5.91 Å². The number of thiophene rings is 1. The molecule has 1 aliphatic carbocycles. The van der Waals surface area contributed by atoms with Gasteiger partial charge in [-0.2, -0.15) is 0 Å². The molecule has 1 fully saturated rings. The lowest BCUT2D eigenvalue weighted by molar-refractivity contribution is -0.136. The lowest BCUT2D eigenvalue weighted by atomic mass is 10.0. The molecule has 48 heavy (non-hydrogen) atoms. The fourth-order valence-corrected chi connectivity index (χ4v) is 7.36. The van der Waals surface area contributed by atoms with Gasteiger partial charge in [0.05, 0.1) is 18.9 Å². The van der Waals surface area contributed by atoms with Crippen molar-refractivity contribution < 1.29 is 19.1 Å². The Morgan fingerprint density at radius 1 is 1.04 bits per heavy atom. The highest BCUT2D eigenvalue weighted by atomic mass is 32.1. The van der Waals surface area contributed by atoms with Crippen LogP contribution < -0.4 is 20.9 Å². The van der Waals surface area contributed by atoms with Gasteiger partial charge in [-0.25, -0.2) is 9.78 Å². The van der Waals surface area contributed by atoms with E-state index in [-0.39, 0.29) is 17.3 Å². The van der Waals surface area contributed by atoms with Gasteiger partial charge in [0.1, 0.15) is 6.04 Å². The topological polar surface area (TPSA) is 118 Å². The average Bonchev–Trinajstić information content (AvgIpc) is 3.32. The van der Waals surface area contributed by atoms with E-state index in [1.165, 1.54) is 34.3 Å². The van der Waals surface area contributed by atoms with E-state index in [1.54, 1.807) is 43.6 Å². The molecule has 12 heteroatoms. The van der Waals surface area contributed by atoms with Gasteiger partial charge in [0.25, 0.3) is 5.56 Å². The smallest absolute Gasteiger partial charge is 0.399 e. The van der Waals surface area contributed by atoms with Gasteiger partial charge >= 0.3 is 6.09 Å². The second-order valence-corrected chi connectivity index (χ2v) is 13.6. The minimum Gasteiger partial charge on any atom is -0.399 e. The SMILES string of the molecule is Cc1c(NC(=O)Oc2cc3c(s2)CCCCC3)cccc1-c1cn(C)c(=O)c(Nc2ccc(C(C(=O)N(C)C)N3CCOCC3)cc2)n1. The molecule has 2 amide bonds. The average molecular weight is 671 g/mol. The molecule has 4 aromatic rings. The van der Waals surface area contributed by atoms with Gasteiger partial charge in [-0.3, -0.25) is 19.8 Å². The number of morpholine rings is 1. The summed E-state index contributed by atoms with van der Waals surface area (Å²) >= 11 is 1.55. The molecule has 1 atom stereocenters. The molecule has 1 saturated heterocycles. The highest BCUT2D eigenvalue weighted by molar-refractivity contribution is 7.14. The van der Waals surface area contributed by atoms with Gasteiger partial charge in [0.15, 0.2) is 10.9 Å². The maximum absolute atomic E-state index is 13.2. The van der Waals surface area contributed by atoms with Gasteiger partial charge < -0.3 is 24.3 Å². The zero-order valence-corrected chi connectivity index (χ0v) is 28.7. The van der Waals surface area contributed by atoms with Crippen molar-refractivity contribution in [1.29, 1.82) is 0 Å². The van der Waals surface area contributed by atoms with Crippen LogP contribution in [0.3, 0.4) is 0 Å². The Hall–Kier alpha value is -4.52. The number of anilines is 3. The van der Waals surface area contributed by atoms with Crippen LogP contribution in [-0.4, -0.2) is 71.7 Å². The van der Waals surface area contributed by atoms with E-state index in [9.17, 15) is 14.4 Å². The first-order valence-corrected chi connectivity index (χ1v) is 17.2. The Morgan fingerprint density at radius 3 is 2.54 bits per heavy atom. The molecule has 2 aromatic carbocycles. The Balaban J connectivity index is 1.19. The van der Waals surface area contributed by atoms with Crippen molar-refractivity contribution in [3.05, 3.63) is 86.6 Å². The molecule has 2 N–H and O–H groups in total. The maximum Gasteiger partial charge on any atom is 0.417 e. The van der Waals surface area contributed by atoms with Crippen molar-refractivity contribution >= 4 is 40.5 Å². The predicted molar refractivity (Wildman–Crippen MR) is 188 cm³/mol. The van der Waals surface area contributed by atoms with Gasteiger partial charge in [-0.05, 0) is 73.6 Å². The molecular weight excluding hydrogens is 629 g/mol. The van der Waals surface area contributed by atoms with Gasteiger partial charge in [0, 0.05) is 62.2 Å². The largest absolute Gasteiger partial charge is 0.417 e. The zero-order valence-electron chi connectivity index (χ0n) is 27.9. The third-order valence-corrected chi connectivity index (χ3v) is 10.0.